The molecule has 0 aromatic carbocycles. The number of pyridine rings is 1. The van der Waals surface area contributed by atoms with Crippen molar-refractivity contribution in [1.82, 2.24) is 4.98 Å². The molecule has 1 heterocycles. The second kappa shape index (κ2) is 9.64. The zero-order chi connectivity index (χ0) is 13.1. The Hall–Kier alpha value is -1.37. The van der Waals surface area contributed by atoms with E-state index in [4.69, 9.17) is 24.7 Å². The van der Waals surface area contributed by atoms with Crippen molar-refractivity contribution in [2.75, 3.05) is 52.5 Å². The van der Waals surface area contributed by atoms with E-state index in [2.05, 4.69) is 4.98 Å². The highest BCUT2D eigenvalue weighted by Gasteiger charge is 1.98. The van der Waals surface area contributed by atoms with Gasteiger partial charge in [-0.2, -0.15) is 0 Å². The number of nitrogens with zero attached hydrogens (tertiary/aromatic N) is 1. The van der Waals surface area contributed by atoms with E-state index in [-0.39, 0.29) is 0 Å². The van der Waals surface area contributed by atoms with Crippen molar-refractivity contribution in [2.45, 2.75) is 0 Å². The molecule has 0 spiro atoms. The minimum absolute atomic E-state index is 0.451. The van der Waals surface area contributed by atoms with E-state index in [1.807, 2.05) is 0 Å². The van der Waals surface area contributed by atoms with Crippen molar-refractivity contribution in [2.24, 2.45) is 0 Å². The van der Waals surface area contributed by atoms with Crippen molar-refractivity contribution in [3.05, 3.63) is 18.5 Å². The Balaban J connectivity index is 1.94. The highest BCUT2D eigenvalue weighted by atomic mass is 16.6. The summed E-state index contributed by atoms with van der Waals surface area (Å²) in [5, 5.41) is 0. The number of rotatable bonds is 10. The molecule has 1 rings (SSSR count). The minimum Gasteiger partial charge on any atom is -0.489 e. The van der Waals surface area contributed by atoms with Crippen LogP contribution in [0.25, 0.3) is 0 Å². The van der Waals surface area contributed by atoms with E-state index in [0.717, 1.165) is 0 Å². The third kappa shape index (κ3) is 6.39. The summed E-state index contributed by atoms with van der Waals surface area (Å²) < 4.78 is 20.8. The van der Waals surface area contributed by atoms with Crippen LogP contribution in [0.3, 0.4) is 0 Å². The molecule has 0 amide bonds. The predicted molar refractivity (Wildman–Crippen MR) is 67.7 cm³/mol. The van der Waals surface area contributed by atoms with Gasteiger partial charge < -0.3 is 24.7 Å². The molecule has 102 valence electrons. The number of methoxy groups -OCH3 is 1. The van der Waals surface area contributed by atoms with Gasteiger partial charge in [0.05, 0.1) is 44.9 Å². The van der Waals surface area contributed by atoms with Crippen LogP contribution in [0.1, 0.15) is 0 Å². The highest BCUT2D eigenvalue weighted by molar-refractivity contribution is 5.49. The fourth-order valence-electron chi connectivity index (χ4n) is 1.20. The number of hydrogen-bond donors (Lipinski definition) is 1. The molecule has 0 unspecified atom stereocenters. The summed E-state index contributed by atoms with van der Waals surface area (Å²) >= 11 is 0. The topological polar surface area (TPSA) is 75.8 Å². The van der Waals surface area contributed by atoms with Gasteiger partial charge in [-0.1, -0.05) is 0 Å². The molecule has 0 radical (unpaired) electrons. The fraction of sp³-hybridized carbons (Fsp3) is 0.583. The lowest BCUT2D eigenvalue weighted by atomic mass is 10.4. The van der Waals surface area contributed by atoms with Crippen LogP contribution in [-0.4, -0.2) is 51.7 Å². The summed E-state index contributed by atoms with van der Waals surface area (Å²) in [6.45, 7) is 3.23. The summed E-state index contributed by atoms with van der Waals surface area (Å²) in [5.74, 6) is 0.630. The molecular weight excluding hydrogens is 236 g/mol. The third-order valence-corrected chi connectivity index (χ3v) is 2.10. The Kier molecular flexibility index (Phi) is 7.87. The predicted octanol–water partition coefficient (Wildman–Crippen LogP) is 0.722. The maximum absolute atomic E-state index is 5.67. The second-order valence-corrected chi connectivity index (χ2v) is 3.48. The Bertz CT molecular complexity index is 323. The van der Waals surface area contributed by atoms with E-state index < -0.39 is 0 Å². The molecule has 6 heteroatoms. The van der Waals surface area contributed by atoms with E-state index >= 15 is 0 Å². The van der Waals surface area contributed by atoms with Crippen LogP contribution in [-0.2, 0) is 14.2 Å². The molecule has 0 fully saturated rings. The van der Waals surface area contributed by atoms with Crippen LogP contribution in [0.2, 0.25) is 0 Å². The number of nitrogens with two attached hydrogens (primary N) is 1. The average molecular weight is 256 g/mol. The van der Waals surface area contributed by atoms with E-state index in [1.165, 1.54) is 0 Å². The molecule has 0 bridgehead atoms. The molecule has 6 nitrogen and oxygen atoms in total. The van der Waals surface area contributed by atoms with Gasteiger partial charge in [-0.15, -0.1) is 0 Å². The molecule has 0 aliphatic rings. The molecule has 1 aromatic heterocycles. The first kappa shape index (κ1) is 14.7. The molecule has 18 heavy (non-hydrogen) atoms. The lowest BCUT2D eigenvalue weighted by molar-refractivity contribution is 0.0180. The molecule has 0 saturated carbocycles. The number of hydrogen-bond acceptors (Lipinski definition) is 6. The smallest absolute Gasteiger partial charge is 0.145 e. The molecule has 0 atom stereocenters. The first-order valence-electron chi connectivity index (χ1n) is 5.81. The van der Waals surface area contributed by atoms with Gasteiger partial charge in [0, 0.05) is 19.4 Å². The van der Waals surface area contributed by atoms with Crippen LogP contribution in [0.4, 0.5) is 5.69 Å². The maximum Gasteiger partial charge on any atom is 0.145 e. The molecule has 0 aliphatic carbocycles. The first-order valence-corrected chi connectivity index (χ1v) is 5.81. The van der Waals surface area contributed by atoms with Crippen LogP contribution in [0.5, 0.6) is 5.75 Å². The van der Waals surface area contributed by atoms with E-state index in [9.17, 15) is 0 Å². The van der Waals surface area contributed by atoms with Gasteiger partial charge in [0.15, 0.2) is 0 Å². The maximum atomic E-state index is 5.67. The number of anilines is 1. The third-order valence-electron chi connectivity index (χ3n) is 2.10. The van der Waals surface area contributed by atoms with Crippen LogP contribution < -0.4 is 10.5 Å². The van der Waals surface area contributed by atoms with Gasteiger partial charge in [0.25, 0.3) is 0 Å². The zero-order valence-electron chi connectivity index (χ0n) is 10.6. The zero-order valence-corrected chi connectivity index (χ0v) is 10.6. The first-order chi connectivity index (χ1) is 8.84. The van der Waals surface area contributed by atoms with Gasteiger partial charge in [-0.05, 0) is 0 Å². The lowest BCUT2D eigenvalue weighted by Gasteiger charge is -2.08. The normalized spacial score (nSPS) is 10.5. The van der Waals surface area contributed by atoms with Crippen molar-refractivity contribution < 1.29 is 18.9 Å². The molecule has 0 aliphatic heterocycles. The number of aromatic nitrogens is 1. The largest absolute Gasteiger partial charge is 0.489 e. The number of ether oxygens (including phenoxy) is 4. The molecular formula is C12H20N2O4. The van der Waals surface area contributed by atoms with Crippen LogP contribution in [0.15, 0.2) is 18.5 Å². The van der Waals surface area contributed by atoms with Crippen molar-refractivity contribution in [3.8, 4) is 5.75 Å². The van der Waals surface area contributed by atoms with Crippen molar-refractivity contribution >= 4 is 5.69 Å². The molecule has 2 N–H and O–H groups in total. The molecule has 1 aromatic rings. The van der Waals surface area contributed by atoms with Gasteiger partial charge in [-0.25, -0.2) is 0 Å². The van der Waals surface area contributed by atoms with Crippen LogP contribution in [0, 0.1) is 0 Å². The fourth-order valence-corrected chi connectivity index (χ4v) is 1.20. The Morgan fingerprint density at radius 3 is 2.39 bits per heavy atom. The minimum atomic E-state index is 0.451. The standard InChI is InChI=1S/C12H20N2O4/c1-15-4-5-16-6-7-17-8-9-18-12-2-3-14-10-11(12)13/h2-3,10H,4-9,13H2,1H3. The van der Waals surface area contributed by atoms with Gasteiger partial charge in [-0.3, -0.25) is 4.98 Å². The average Bonchev–Trinajstić information content (AvgIpc) is 2.39. The summed E-state index contributed by atoms with van der Waals surface area (Å²) in [6, 6.07) is 1.73. The van der Waals surface area contributed by atoms with E-state index in [1.54, 1.807) is 25.6 Å². The lowest BCUT2D eigenvalue weighted by Crippen LogP contribution is -2.12. The number of nitrogen functional groups attached to an aromatic ring is 1. The van der Waals surface area contributed by atoms with Gasteiger partial charge in [0.2, 0.25) is 0 Å². The monoisotopic (exact) mass is 256 g/mol. The quantitative estimate of drug-likeness (QED) is 0.622. The van der Waals surface area contributed by atoms with Crippen LogP contribution >= 0.6 is 0 Å². The summed E-state index contributed by atoms with van der Waals surface area (Å²) in [7, 11) is 1.64. The Morgan fingerprint density at radius 1 is 1.06 bits per heavy atom. The highest BCUT2D eigenvalue weighted by Crippen LogP contribution is 2.17. The summed E-state index contributed by atoms with van der Waals surface area (Å²) in [4.78, 5) is 3.88. The van der Waals surface area contributed by atoms with Crippen molar-refractivity contribution in [1.29, 1.82) is 0 Å². The van der Waals surface area contributed by atoms with Crippen molar-refractivity contribution in [3.63, 3.8) is 0 Å². The van der Waals surface area contributed by atoms with Gasteiger partial charge in [0.1, 0.15) is 12.4 Å². The van der Waals surface area contributed by atoms with E-state index in [0.29, 0.717) is 51.1 Å². The summed E-state index contributed by atoms with van der Waals surface area (Å²) in [5.41, 5.74) is 6.20. The second-order valence-electron chi connectivity index (χ2n) is 3.48. The Morgan fingerprint density at radius 2 is 1.72 bits per heavy atom. The Labute approximate surface area is 107 Å². The summed E-state index contributed by atoms with van der Waals surface area (Å²) in [6.07, 6.45) is 3.19. The SMILES string of the molecule is COCCOCCOCCOc1ccncc1N. The molecule has 0 saturated heterocycles. The van der Waals surface area contributed by atoms with Gasteiger partial charge >= 0.3 is 0 Å².